The molecule has 3 amide bonds. The third-order valence-electron chi connectivity index (χ3n) is 9.40. The Hall–Kier alpha value is -2.78. The van der Waals surface area contributed by atoms with Gasteiger partial charge in [0, 0.05) is 36.1 Å². The van der Waals surface area contributed by atoms with Crippen molar-refractivity contribution in [3.05, 3.63) is 48.6 Å². The van der Waals surface area contributed by atoms with E-state index in [0.717, 1.165) is 37.1 Å². The van der Waals surface area contributed by atoms with Crippen LogP contribution in [0.15, 0.2) is 48.6 Å². The number of thioether (sulfide) groups is 1. The fraction of sp³-hybridized carbons (Fsp3) is 0.581. The number of amides is 3. The van der Waals surface area contributed by atoms with E-state index in [0.29, 0.717) is 19.7 Å². The predicted molar refractivity (Wildman–Crippen MR) is 155 cm³/mol. The lowest BCUT2D eigenvalue weighted by Crippen LogP contribution is -2.56. The van der Waals surface area contributed by atoms with E-state index in [9.17, 15) is 19.5 Å². The maximum atomic E-state index is 14.4. The summed E-state index contributed by atoms with van der Waals surface area (Å²) in [6.45, 7) is 5.29. The molecule has 4 aliphatic heterocycles. The van der Waals surface area contributed by atoms with Crippen LogP contribution in [-0.2, 0) is 14.4 Å². The molecule has 1 unspecified atom stereocenters. The Morgan fingerprint density at radius 3 is 2.38 bits per heavy atom. The lowest BCUT2D eigenvalue weighted by Gasteiger charge is -2.39. The first kappa shape index (κ1) is 27.4. The fourth-order valence-electron chi connectivity index (χ4n) is 7.73. The highest BCUT2D eigenvalue weighted by Gasteiger charge is 2.74. The van der Waals surface area contributed by atoms with Gasteiger partial charge in [0.25, 0.3) is 0 Å². The smallest absolute Gasteiger partial charge is 0.247 e. The van der Waals surface area contributed by atoms with Crippen molar-refractivity contribution in [1.29, 1.82) is 0 Å². The average Bonchev–Trinajstić information content (AvgIpc) is 3.21. The van der Waals surface area contributed by atoms with Crippen molar-refractivity contribution in [3.63, 3.8) is 0 Å². The molecule has 4 heterocycles. The number of hydrogen-bond acceptors (Lipinski definition) is 6. The highest BCUT2D eigenvalue weighted by molar-refractivity contribution is 8.02. The quantitative estimate of drug-likeness (QED) is 0.532. The second kappa shape index (κ2) is 10.6. The van der Waals surface area contributed by atoms with Crippen molar-refractivity contribution >= 4 is 35.2 Å². The van der Waals surface area contributed by atoms with Crippen LogP contribution in [0.5, 0.6) is 5.75 Å². The molecule has 1 N–H and O–H groups in total. The van der Waals surface area contributed by atoms with Crippen molar-refractivity contribution < 1.29 is 24.2 Å². The molecular formula is C31H39N3O5S. The van der Waals surface area contributed by atoms with Gasteiger partial charge in [0.15, 0.2) is 0 Å². The summed E-state index contributed by atoms with van der Waals surface area (Å²) in [5, 5.41) is 9.96. The van der Waals surface area contributed by atoms with Crippen molar-refractivity contribution in [1.82, 2.24) is 9.80 Å². The van der Waals surface area contributed by atoms with E-state index in [2.05, 4.69) is 18.2 Å². The summed E-state index contributed by atoms with van der Waals surface area (Å²) < 4.78 is 4.05. The van der Waals surface area contributed by atoms with E-state index in [4.69, 9.17) is 4.74 Å². The topological polar surface area (TPSA) is 90.4 Å². The van der Waals surface area contributed by atoms with E-state index >= 15 is 0 Å². The number of aliphatic hydroxyl groups excluding tert-OH is 1. The van der Waals surface area contributed by atoms with Gasteiger partial charge >= 0.3 is 0 Å². The fourth-order valence-corrected chi connectivity index (χ4v) is 9.89. The number of likely N-dealkylation sites (tertiary alicyclic amines) is 1. The van der Waals surface area contributed by atoms with Crippen molar-refractivity contribution in [2.24, 2.45) is 11.8 Å². The van der Waals surface area contributed by atoms with Crippen LogP contribution < -0.4 is 9.64 Å². The third kappa shape index (κ3) is 4.19. The highest BCUT2D eigenvalue weighted by atomic mass is 32.2. The van der Waals surface area contributed by atoms with Gasteiger partial charge in [0.2, 0.25) is 17.7 Å². The number of benzene rings is 1. The molecular weight excluding hydrogens is 526 g/mol. The number of aliphatic hydroxyl groups is 1. The lowest BCUT2D eigenvalue weighted by atomic mass is 9.74. The number of fused-ring (bicyclic) bond motifs is 2. The number of rotatable bonds is 6. The summed E-state index contributed by atoms with van der Waals surface area (Å²) in [5.41, 5.74) is 0.749. The zero-order valence-electron chi connectivity index (χ0n) is 23.3. The number of β-amino-alcohol motifs (C(OH)–C–C–N with tert-alkyl or cyclic N) is 1. The van der Waals surface area contributed by atoms with Crippen LogP contribution in [-0.4, -0.2) is 87.1 Å². The largest absolute Gasteiger partial charge is 0.494 e. The molecule has 1 spiro atoms. The summed E-state index contributed by atoms with van der Waals surface area (Å²) in [5.74, 6) is -0.987. The van der Waals surface area contributed by atoms with Gasteiger partial charge < -0.3 is 24.5 Å². The van der Waals surface area contributed by atoms with Crippen molar-refractivity contribution in [3.8, 4) is 5.75 Å². The average molecular weight is 566 g/mol. The van der Waals surface area contributed by atoms with E-state index in [1.165, 1.54) is 6.42 Å². The molecule has 0 radical (unpaired) electrons. The molecule has 1 aromatic carbocycles. The van der Waals surface area contributed by atoms with Crippen LogP contribution >= 0.6 is 11.8 Å². The molecule has 0 bridgehead atoms. The molecule has 9 heteroatoms. The Labute approximate surface area is 240 Å². The van der Waals surface area contributed by atoms with E-state index in [1.807, 2.05) is 49.1 Å². The van der Waals surface area contributed by atoms with Crippen LogP contribution in [0.1, 0.15) is 46.0 Å². The highest BCUT2D eigenvalue weighted by Crippen LogP contribution is 2.65. The minimum atomic E-state index is -0.881. The Morgan fingerprint density at radius 2 is 1.68 bits per heavy atom. The van der Waals surface area contributed by atoms with Crippen LogP contribution in [0.4, 0.5) is 5.69 Å². The Morgan fingerprint density at radius 1 is 0.950 bits per heavy atom. The van der Waals surface area contributed by atoms with Crippen LogP contribution in [0.2, 0.25) is 0 Å². The second-order valence-electron chi connectivity index (χ2n) is 11.7. The normalized spacial score (nSPS) is 34.0. The second-order valence-corrected chi connectivity index (χ2v) is 13.5. The van der Waals surface area contributed by atoms with E-state index in [-0.39, 0.29) is 36.9 Å². The van der Waals surface area contributed by atoms with Gasteiger partial charge in [-0.1, -0.05) is 43.6 Å². The maximum Gasteiger partial charge on any atom is 0.247 e. The maximum absolute atomic E-state index is 14.4. The van der Waals surface area contributed by atoms with E-state index < -0.39 is 27.4 Å². The molecule has 2 saturated heterocycles. The van der Waals surface area contributed by atoms with Gasteiger partial charge in [0.1, 0.15) is 11.8 Å². The van der Waals surface area contributed by atoms with Gasteiger partial charge in [-0.2, -0.15) is 0 Å². The van der Waals surface area contributed by atoms with Crippen molar-refractivity contribution in [2.45, 2.75) is 67.5 Å². The number of carbonyl (C=O) groups is 3. The summed E-state index contributed by atoms with van der Waals surface area (Å²) in [7, 11) is 0. The number of ether oxygens (including phenoxy) is 1. The first-order chi connectivity index (χ1) is 19.3. The zero-order valence-corrected chi connectivity index (χ0v) is 24.1. The first-order valence-electron chi connectivity index (χ1n) is 14.7. The molecule has 40 heavy (non-hydrogen) atoms. The Bertz CT molecular complexity index is 1230. The lowest BCUT2D eigenvalue weighted by molar-refractivity contribution is -0.144. The monoisotopic (exact) mass is 565 g/mol. The molecule has 8 nitrogen and oxygen atoms in total. The molecule has 5 aliphatic rings. The molecule has 5 atom stereocenters. The Kier molecular flexibility index (Phi) is 7.23. The van der Waals surface area contributed by atoms with Gasteiger partial charge in [-0.05, 0) is 51.0 Å². The number of anilines is 1. The number of nitrogens with zero attached hydrogens (tertiary/aromatic N) is 3. The Balaban J connectivity index is 1.40. The standard InChI is InChI=1S/C31H39N3O5S/c1-3-39-23-13-11-22(12-14-23)32-17-7-15-30(2)24(27(32)36)25-28(37)34(19-20-35)26-29(38)33(21-9-5-4-6-10-21)18-8-16-31(25,26)40-30/h7-8,11-16,21,24-26,35H,3-6,9-10,17-20H2,1-2H3/t24-,25+,26?,30+,31+/m1/s1. The van der Waals surface area contributed by atoms with Crippen LogP contribution in [0.25, 0.3) is 0 Å². The zero-order chi connectivity index (χ0) is 28.1. The molecule has 1 aliphatic carbocycles. The molecule has 1 aromatic rings. The van der Waals surface area contributed by atoms with E-state index in [1.54, 1.807) is 21.6 Å². The first-order valence-corrected chi connectivity index (χ1v) is 15.5. The molecule has 0 aromatic heterocycles. The summed E-state index contributed by atoms with van der Waals surface area (Å²) in [6.07, 6.45) is 13.5. The van der Waals surface area contributed by atoms with Gasteiger partial charge in [-0.25, -0.2) is 0 Å². The predicted octanol–water partition coefficient (Wildman–Crippen LogP) is 3.40. The SMILES string of the molecule is CCOc1ccc(N2CC=C[C@]3(C)S[C@]45C=CCN(C6CCCCC6)C(=O)C4N(CCO)C(=O)[C@@H]5[C@@H]3C2=O)cc1. The van der Waals surface area contributed by atoms with Gasteiger partial charge in [0.05, 0.1) is 29.8 Å². The molecule has 1 saturated carbocycles. The van der Waals surface area contributed by atoms with Gasteiger partial charge in [-0.15, -0.1) is 11.8 Å². The minimum absolute atomic E-state index is 0.0476. The molecule has 3 fully saturated rings. The van der Waals surface area contributed by atoms with Crippen LogP contribution in [0, 0.1) is 11.8 Å². The summed E-state index contributed by atoms with van der Waals surface area (Å²) in [4.78, 5) is 48.4. The summed E-state index contributed by atoms with van der Waals surface area (Å²) >= 11 is 1.59. The molecule has 6 rings (SSSR count). The number of carbonyl (C=O) groups excluding carboxylic acids is 3. The minimum Gasteiger partial charge on any atom is -0.494 e. The number of hydrogen-bond donors (Lipinski definition) is 1. The van der Waals surface area contributed by atoms with Crippen molar-refractivity contribution in [2.75, 3.05) is 37.7 Å². The summed E-state index contributed by atoms with van der Waals surface area (Å²) in [6, 6.07) is 6.90. The molecule has 214 valence electrons. The van der Waals surface area contributed by atoms with Gasteiger partial charge in [-0.3, -0.25) is 14.4 Å². The van der Waals surface area contributed by atoms with Crippen LogP contribution in [0.3, 0.4) is 0 Å². The third-order valence-corrected chi connectivity index (χ3v) is 11.2.